The Morgan fingerprint density at radius 3 is 2.42 bits per heavy atom. The van der Waals surface area contributed by atoms with Crippen molar-refractivity contribution in [3.05, 3.63) is 32.8 Å². The Labute approximate surface area is 130 Å². The Morgan fingerprint density at radius 1 is 1.21 bits per heavy atom. The van der Waals surface area contributed by atoms with Crippen molar-refractivity contribution in [3.8, 4) is 0 Å². The Morgan fingerprint density at radius 2 is 1.84 bits per heavy atom. The lowest BCUT2D eigenvalue weighted by atomic mass is 10.1. The lowest BCUT2D eigenvalue weighted by molar-refractivity contribution is -0.0103. The molecular weight excluding hydrogens is 305 g/mol. The van der Waals surface area contributed by atoms with Crippen LogP contribution in [-0.2, 0) is 4.74 Å². The third-order valence-corrected chi connectivity index (χ3v) is 4.21. The van der Waals surface area contributed by atoms with Gasteiger partial charge in [-0.1, -0.05) is 40.9 Å². The van der Waals surface area contributed by atoms with Crippen molar-refractivity contribution in [2.45, 2.75) is 39.3 Å². The van der Waals surface area contributed by atoms with Crippen LogP contribution >= 0.6 is 34.8 Å². The van der Waals surface area contributed by atoms with Crippen molar-refractivity contribution in [2.75, 3.05) is 13.2 Å². The first kappa shape index (κ1) is 17.1. The van der Waals surface area contributed by atoms with Crippen LogP contribution in [0.5, 0.6) is 0 Å². The molecule has 19 heavy (non-hydrogen) atoms. The molecule has 0 bridgehead atoms. The van der Waals surface area contributed by atoms with E-state index in [1.54, 1.807) is 6.07 Å². The van der Waals surface area contributed by atoms with Crippen molar-refractivity contribution in [1.82, 2.24) is 5.32 Å². The minimum atomic E-state index is -0.217. The summed E-state index contributed by atoms with van der Waals surface area (Å²) in [7, 11) is 0. The van der Waals surface area contributed by atoms with Gasteiger partial charge in [0, 0.05) is 19.2 Å². The number of rotatable bonds is 6. The van der Waals surface area contributed by atoms with Crippen LogP contribution in [0.4, 0.5) is 0 Å². The van der Waals surface area contributed by atoms with Gasteiger partial charge in [0.1, 0.15) is 0 Å². The van der Waals surface area contributed by atoms with E-state index in [1.807, 2.05) is 33.8 Å². The average molecular weight is 325 g/mol. The van der Waals surface area contributed by atoms with Crippen molar-refractivity contribution >= 4 is 34.8 Å². The molecule has 0 spiro atoms. The molecule has 1 atom stereocenters. The van der Waals surface area contributed by atoms with Crippen LogP contribution in [0.2, 0.25) is 15.1 Å². The quantitative estimate of drug-likeness (QED) is 0.734. The first-order chi connectivity index (χ1) is 8.78. The zero-order valence-corrected chi connectivity index (χ0v) is 14.0. The van der Waals surface area contributed by atoms with Crippen molar-refractivity contribution in [1.29, 1.82) is 0 Å². The second-order valence-corrected chi connectivity index (χ2v) is 6.22. The lowest BCUT2D eigenvalue weighted by Gasteiger charge is -2.27. The molecule has 0 radical (unpaired) electrons. The molecule has 0 saturated carbocycles. The molecule has 1 aromatic carbocycles. The fourth-order valence-corrected chi connectivity index (χ4v) is 2.53. The first-order valence-corrected chi connectivity index (χ1v) is 7.42. The minimum Gasteiger partial charge on any atom is -0.375 e. The van der Waals surface area contributed by atoms with E-state index in [1.165, 1.54) is 0 Å². The molecule has 0 fully saturated rings. The van der Waals surface area contributed by atoms with Gasteiger partial charge in [-0.15, -0.1) is 0 Å². The summed E-state index contributed by atoms with van der Waals surface area (Å²) in [6.07, 6.45) is 0. The van der Waals surface area contributed by atoms with E-state index in [0.717, 1.165) is 12.1 Å². The van der Waals surface area contributed by atoms with Crippen LogP contribution in [-0.4, -0.2) is 18.8 Å². The predicted octanol–water partition coefficient (Wildman–Crippen LogP) is 5.11. The molecule has 2 nitrogen and oxygen atoms in total. The Hall–Kier alpha value is 0.01000. The van der Waals surface area contributed by atoms with Gasteiger partial charge in [0.05, 0.1) is 20.7 Å². The number of hydrogen-bond acceptors (Lipinski definition) is 2. The monoisotopic (exact) mass is 323 g/mol. The maximum Gasteiger partial charge on any atom is 0.0781 e. The number of benzene rings is 1. The highest BCUT2D eigenvalue weighted by atomic mass is 35.5. The smallest absolute Gasteiger partial charge is 0.0781 e. The molecule has 0 amide bonds. The number of nitrogens with one attached hydrogen (secondary N) is 1. The third kappa shape index (κ3) is 4.80. The van der Waals surface area contributed by atoms with Gasteiger partial charge in [0.25, 0.3) is 0 Å². The van der Waals surface area contributed by atoms with Crippen molar-refractivity contribution < 1.29 is 4.74 Å². The fourth-order valence-electron chi connectivity index (χ4n) is 1.83. The molecule has 0 aliphatic rings. The topological polar surface area (TPSA) is 21.3 Å². The second-order valence-electron chi connectivity index (χ2n) is 5.06. The van der Waals surface area contributed by atoms with Gasteiger partial charge in [-0.25, -0.2) is 0 Å². The van der Waals surface area contributed by atoms with Crippen LogP contribution in [0, 0.1) is 0 Å². The highest BCUT2D eigenvalue weighted by Crippen LogP contribution is 2.35. The van der Waals surface area contributed by atoms with Crippen molar-refractivity contribution in [3.63, 3.8) is 0 Å². The summed E-state index contributed by atoms with van der Waals surface area (Å²) in [6.45, 7) is 9.53. The van der Waals surface area contributed by atoms with Gasteiger partial charge in [0.2, 0.25) is 0 Å². The van der Waals surface area contributed by atoms with E-state index in [0.29, 0.717) is 21.7 Å². The zero-order chi connectivity index (χ0) is 14.6. The molecule has 108 valence electrons. The third-order valence-electron chi connectivity index (χ3n) is 2.90. The van der Waals surface area contributed by atoms with Gasteiger partial charge < -0.3 is 10.1 Å². The standard InChI is InChI=1S/C14H20Cl3NO/c1-5-19-14(3,4)8-18-9(2)10-6-7-11(15)13(17)12(10)16/h6-7,9,18H,5,8H2,1-4H3. The molecule has 0 saturated heterocycles. The van der Waals surface area contributed by atoms with Crippen LogP contribution < -0.4 is 5.32 Å². The average Bonchev–Trinajstić information content (AvgIpc) is 2.33. The minimum absolute atomic E-state index is 0.0713. The molecule has 0 aliphatic heterocycles. The van der Waals surface area contributed by atoms with E-state index < -0.39 is 0 Å². The summed E-state index contributed by atoms with van der Waals surface area (Å²) in [5.74, 6) is 0. The van der Waals surface area contributed by atoms with Gasteiger partial charge in [-0.05, 0) is 39.3 Å². The highest BCUT2D eigenvalue weighted by Gasteiger charge is 2.20. The Kier molecular flexibility index (Phi) is 6.41. The second kappa shape index (κ2) is 7.14. The van der Waals surface area contributed by atoms with Gasteiger partial charge in [-0.2, -0.15) is 0 Å². The summed E-state index contributed by atoms with van der Waals surface area (Å²) in [6, 6.07) is 3.72. The summed E-state index contributed by atoms with van der Waals surface area (Å²) in [5, 5.41) is 4.77. The summed E-state index contributed by atoms with van der Waals surface area (Å²) in [5.41, 5.74) is 0.717. The van der Waals surface area contributed by atoms with Crippen molar-refractivity contribution in [2.24, 2.45) is 0 Å². The normalized spacial score (nSPS) is 13.6. The summed E-state index contributed by atoms with van der Waals surface area (Å²) >= 11 is 18.2. The maximum absolute atomic E-state index is 6.22. The largest absolute Gasteiger partial charge is 0.375 e. The number of hydrogen-bond donors (Lipinski definition) is 1. The molecule has 0 heterocycles. The first-order valence-electron chi connectivity index (χ1n) is 6.29. The van der Waals surface area contributed by atoms with Crippen LogP contribution in [0.15, 0.2) is 12.1 Å². The highest BCUT2D eigenvalue weighted by molar-refractivity contribution is 6.48. The Bertz CT molecular complexity index is 435. The van der Waals surface area contributed by atoms with E-state index in [2.05, 4.69) is 5.32 Å². The van der Waals surface area contributed by atoms with Gasteiger partial charge in [-0.3, -0.25) is 0 Å². The molecular formula is C14H20Cl3NO. The number of ether oxygens (including phenoxy) is 1. The summed E-state index contributed by atoms with van der Waals surface area (Å²) in [4.78, 5) is 0. The van der Waals surface area contributed by atoms with E-state index in [4.69, 9.17) is 39.5 Å². The molecule has 1 N–H and O–H groups in total. The van der Waals surface area contributed by atoms with Crippen LogP contribution in [0.3, 0.4) is 0 Å². The predicted molar refractivity (Wildman–Crippen MR) is 83.6 cm³/mol. The number of halogens is 3. The molecule has 0 aromatic heterocycles. The maximum atomic E-state index is 6.22. The molecule has 0 aliphatic carbocycles. The molecule has 1 aromatic rings. The summed E-state index contributed by atoms with van der Waals surface area (Å²) < 4.78 is 5.65. The van der Waals surface area contributed by atoms with Crippen LogP contribution in [0.25, 0.3) is 0 Å². The van der Waals surface area contributed by atoms with E-state index in [-0.39, 0.29) is 11.6 Å². The van der Waals surface area contributed by atoms with Gasteiger partial charge in [0.15, 0.2) is 0 Å². The SMILES string of the molecule is CCOC(C)(C)CNC(C)c1ccc(Cl)c(Cl)c1Cl. The van der Waals surface area contributed by atoms with Crippen LogP contribution in [0.1, 0.15) is 39.3 Å². The zero-order valence-electron chi connectivity index (χ0n) is 11.7. The molecule has 5 heteroatoms. The fraction of sp³-hybridized carbons (Fsp3) is 0.571. The van der Waals surface area contributed by atoms with Gasteiger partial charge >= 0.3 is 0 Å². The van der Waals surface area contributed by atoms with E-state index >= 15 is 0 Å². The molecule has 1 unspecified atom stereocenters. The Balaban J connectivity index is 2.74. The molecule has 1 rings (SSSR count). The lowest BCUT2D eigenvalue weighted by Crippen LogP contribution is -2.38. The van der Waals surface area contributed by atoms with E-state index in [9.17, 15) is 0 Å².